The maximum Gasteiger partial charge on any atom is 0.261 e. The fraction of sp³-hybridized carbons (Fsp3) is 0.192. The number of hydrogen-bond donors (Lipinski definition) is 2. The summed E-state index contributed by atoms with van der Waals surface area (Å²) < 4.78 is 34.2. The van der Waals surface area contributed by atoms with E-state index in [1.807, 2.05) is 24.3 Å². The average molecular weight is 504 g/mol. The minimum absolute atomic E-state index is 0.151. The number of aromatic nitrogens is 2. The summed E-state index contributed by atoms with van der Waals surface area (Å²) in [6.07, 6.45) is 1.24. The number of sulfonamides is 1. The summed E-state index contributed by atoms with van der Waals surface area (Å²) >= 11 is 0. The van der Waals surface area contributed by atoms with Crippen LogP contribution in [0.2, 0.25) is 0 Å². The van der Waals surface area contributed by atoms with Crippen LogP contribution in [0.5, 0.6) is 0 Å². The molecule has 0 saturated carbocycles. The second-order valence-electron chi connectivity index (χ2n) is 8.46. The van der Waals surface area contributed by atoms with E-state index >= 15 is 0 Å². The largest absolute Gasteiger partial charge is 0.370 e. The van der Waals surface area contributed by atoms with Crippen LogP contribution in [0.4, 0.5) is 17.2 Å². The monoisotopic (exact) mass is 503 g/mol. The van der Waals surface area contributed by atoms with Gasteiger partial charge in [-0.15, -0.1) is 0 Å². The van der Waals surface area contributed by atoms with E-state index in [4.69, 9.17) is 4.74 Å². The molecule has 10 heteroatoms. The lowest BCUT2D eigenvalue weighted by atomic mass is 10.1. The van der Waals surface area contributed by atoms with Gasteiger partial charge in [0.2, 0.25) is 5.91 Å². The molecule has 1 unspecified atom stereocenters. The number of benzene rings is 3. The summed E-state index contributed by atoms with van der Waals surface area (Å²) in [5.74, 6) is 0.600. The predicted octanol–water partition coefficient (Wildman–Crippen LogP) is 3.97. The quantitative estimate of drug-likeness (QED) is 0.409. The van der Waals surface area contributed by atoms with Crippen molar-refractivity contribution in [1.82, 2.24) is 9.97 Å². The number of nitrogens with zero attached hydrogens (tertiary/aromatic N) is 3. The van der Waals surface area contributed by atoms with Crippen LogP contribution in [0.3, 0.4) is 0 Å². The third-order valence-electron chi connectivity index (χ3n) is 5.86. The summed E-state index contributed by atoms with van der Waals surface area (Å²) in [5.41, 5.74) is 2.76. The van der Waals surface area contributed by atoms with Crippen LogP contribution in [0.1, 0.15) is 18.6 Å². The Bertz CT molecular complexity index is 1510. The Morgan fingerprint density at radius 2 is 1.83 bits per heavy atom. The van der Waals surface area contributed by atoms with Gasteiger partial charge in [0, 0.05) is 36.8 Å². The van der Waals surface area contributed by atoms with Crippen LogP contribution >= 0.6 is 0 Å². The van der Waals surface area contributed by atoms with Crippen molar-refractivity contribution in [1.29, 1.82) is 0 Å². The molecule has 4 aromatic rings. The van der Waals surface area contributed by atoms with E-state index in [1.54, 1.807) is 48.5 Å². The van der Waals surface area contributed by atoms with Crippen LogP contribution in [-0.4, -0.2) is 44.0 Å². The molecule has 0 bridgehead atoms. The van der Waals surface area contributed by atoms with Crippen LogP contribution < -0.4 is 14.9 Å². The Kier molecular flexibility index (Phi) is 6.53. The maximum atomic E-state index is 12.8. The highest BCUT2D eigenvalue weighted by Crippen LogP contribution is 2.31. The molecule has 1 aliphatic heterocycles. The Morgan fingerprint density at radius 1 is 1.00 bits per heavy atom. The number of morpholine rings is 1. The number of rotatable bonds is 6. The molecular weight excluding hydrogens is 478 g/mol. The van der Waals surface area contributed by atoms with Crippen LogP contribution in [0.25, 0.3) is 10.9 Å². The van der Waals surface area contributed by atoms with Gasteiger partial charge in [0.1, 0.15) is 18.2 Å². The molecule has 0 radical (unpaired) electrons. The van der Waals surface area contributed by atoms with Gasteiger partial charge >= 0.3 is 0 Å². The minimum atomic E-state index is -3.70. The molecule has 5 rings (SSSR count). The lowest BCUT2D eigenvalue weighted by molar-refractivity contribution is -0.114. The van der Waals surface area contributed by atoms with E-state index in [0.717, 1.165) is 22.3 Å². The van der Waals surface area contributed by atoms with Gasteiger partial charge in [-0.1, -0.05) is 30.3 Å². The topological polar surface area (TPSA) is 114 Å². The SMILES string of the molecule is CC(=O)Nc1ccc2ncnc(N3CCOC(c4cccc(NS(=O)(=O)c5ccccc5)c4)C3)c2c1. The second kappa shape index (κ2) is 9.92. The first-order chi connectivity index (χ1) is 17.4. The highest BCUT2D eigenvalue weighted by molar-refractivity contribution is 7.92. The fourth-order valence-electron chi connectivity index (χ4n) is 4.24. The summed E-state index contributed by atoms with van der Waals surface area (Å²) in [7, 11) is -3.70. The second-order valence-corrected chi connectivity index (χ2v) is 10.1. The van der Waals surface area contributed by atoms with E-state index in [9.17, 15) is 13.2 Å². The first kappa shape index (κ1) is 23.7. The molecule has 3 aromatic carbocycles. The Balaban J connectivity index is 1.39. The highest BCUT2D eigenvalue weighted by Gasteiger charge is 2.25. The number of carbonyl (C=O) groups excluding carboxylic acids is 1. The van der Waals surface area contributed by atoms with Crippen LogP contribution in [-0.2, 0) is 19.6 Å². The normalized spacial score (nSPS) is 16.0. The predicted molar refractivity (Wildman–Crippen MR) is 138 cm³/mol. The van der Waals surface area contributed by atoms with Gasteiger partial charge in [0.15, 0.2) is 0 Å². The standard InChI is InChI=1S/C26H25N5O4S/c1-18(32)29-20-10-11-24-23(15-20)26(28-17-27-24)31-12-13-35-25(16-31)19-6-5-7-21(14-19)30-36(33,34)22-8-3-2-4-9-22/h2-11,14-15,17,25,30H,12-13,16H2,1H3,(H,29,32). The number of fused-ring (bicyclic) bond motifs is 1. The van der Waals surface area contributed by atoms with Gasteiger partial charge in [0.05, 0.1) is 17.0 Å². The third kappa shape index (κ3) is 5.14. The van der Waals surface area contributed by atoms with Gasteiger partial charge in [-0.25, -0.2) is 18.4 Å². The molecule has 0 spiro atoms. The number of carbonyl (C=O) groups is 1. The number of ether oxygens (including phenoxy) is 1. The van der Waals surface area contributed by atoms with E-state index in [2.05, 4.69) is 24.9 Å². The highest BCUT2D eigenvalue weighted by atomic mass is 32.2. The van der Waals surface area contributed by atoms with Crippen molar-refractivity contribution >= 4 is 44.0 Å². The first-order valence-electron chi connectivity index (χ1n) is 11.5. The molecule has 1 atom stereocenters. The van der Waals surface area contributed by atoms with Crippen molar-refractivity contribution in [3.05, 3.63) is 84.7 Å². The van der Waals surface area contributed by atoms with Crippen molar-refractivity contribution in [2.75, 3.05) is 34.6 Å². The molecular formula is C26H25N5O4S. The van der Waals surface area contributed by atoms with Gasteiger partial charge in [-0.05, 0) is 48.0 Å². The van der Waals surface area contributed by atoms with Crippen molar-refractivity contribution in [3.63, 3.8) is 0 Å². The average Bonchev–Trinajstić information content (AvgIpc) is 2.88. The molecule has 9 nitrogen and oxygen atoms in total. The van der Waals surface area contributed by atoms with Crippen molar-refractivity contribution in [2.24, 2.45) is 0 Å². The van der Waals surface area contributed by atoms with Crippen molar-refractivity contribution < 1.29 is 17.9 Å². The summed E-state index contributed by atoms with van der Waals surface area (Å²) in [4.78, 5) is 22.7. The maximum absolute atomic E-state index is 12.8. The molecule has 1 saturated heterocycles. The van der Waals surface area contributed by atoms with E-state index < -0.39 is 10.0 Å². The number of anilines is 3. The molecule has 0 aliphatic carbocycles. The zero-order valence-electron chi connectivity index (χ0n) is 19.6. The summed E-state index contributed by atoms with van der Waals surface area (Å²) in [6, 6.07) is 21.0. The fourth-order valence-corrected chi connectivity index (χ4v) is 5.31. The number of hydrogen-bond acceptors (Lipinski definition) is 7. The number of amides is 1. The summed E-state index contributed by atoms with van der Waals surface area (Å²) in [6.45, 7) is 3.09. The number of nitrogens with one attached hydrogen (secondary N) is 2. The molecule has 1 aliphatic rings. The Hall–Kier alpha value is -4.02. The zero-order chi connectivity index (χ0) is 25.1. The first-order valence-corrected chi connectivity index (χ1v) is 12.9. The molecule has 1 aromatic heterocycles. The van der Waals surface area contributed by atoms with E-state index in [1.165, 1.54) is 13.3 Å². The molecule has 2 heterocycles. The smallest absolute Gasteiger partial charge is 0.261 e. The van der Waals surface area contributed by atoms with Crippen molar-refractivity contribution in [3.8, 4) is 0 Å². The van der Waals surface area contributed by atoms with Gasteiger partial charge < -0.3 is 15.0 Å². The van der Waals surface area contributed by atoms with Gasteiger partial charge in [-0.3, -0.25) is 9.52 Å². The zero-order valence-corrected chi connectivity index (χ0v) is 20.4. The molecule has 1 amide bonds. The molecule has 2 N–H and O–H groups in total. The molecule has 184 valence electrons. The van der Waals surface area contributed by atoms with Crippen molar-refractivity contribution in [2.45, 2.75) is 17.9 Å². The lowest BCUT2D eigenvalue weighted by Crippen LogP contribution is -2.39. The van der Waals surface area contributed by atoms with Crippen LogP contribution in [0.15, 0.2) is 84.0 Å². The molecule has 36 heavy (non-hydrogen) atoms. The lowest BCUT2D eigenvalue weighted by Gasteiger charge is -2.34. The third-order valence-corrected chi connectivity index (χ3v) is 7.26. The summed E-state index contributed by atoms with van der Waals surface area (Å²) in [5, 5.41) is 3.63. The van der Waals surface area contributed by atoms with Gasteiger partial charge in [0.25, 0.3) is 10.0 Å². The van der Waals surface area contributed by atoms with Gasteiger partial charge in [-0.2, -0.15) is 0 Å². The Morgan fingerprint density at radius 3 is 2.64 bits per heavy atom. The Labute approximate surface area is 209 Å². The molecule has 1 fully saturated rings. The minimum Gasteiger partial charge on any atom is -0.370 e. The van der Waals surface area contributed by atoms with E-state index in [0.29, 0.717) is 31.1 Å². The van der Waals surface area contributed by atoms with E-state index in [-0.39, 0.29) is 16.9 Å². The van der Waals surface area contributed by atoms with Crippen LogP contribution in [0, 0.1) is 0 Å².